The van der Waals surface area contributed by atoms with Crippen LogP contribution in [-0.2, 0) is 0 Å². The Balaban J connectivity index is 2.36. The summed E-state index contributed by atoms with van der Waals surface area (Å²) in [6.45, 7) is 7.91. The molecule has 2 nitrogen and oxygen atoms in total. The molecule has 2 rings (SSSR count). The highest BCUT2D eigenvalue weighted by Crippen LogP contribution is 2.34. The van der Waals surface area contributed by atoms with E-state index >= 15 is 0 Å². The second-order valence-electron chi connectivity index (χ2n) is 5.21. The van der Waals surface area contributed by atoms with Gasteiger partial charge in [0.2, 0.25) is 0 Å². The Bertz CT molecular complexity index is 395. The van der Waals surface area contributed by atoms with E-state index in [0.29, 0.717) is 17.4 Å². The van der Waals surface area contributed by atoms with Gasteiger partial charge >= 0.3 is 0 Å². The van der Waals surface area contributed by atoms with Gasteiger partial charge in [-0.15, -0.1) is 0 Å². The zero-order valence-electron chi connectivity index (χ0n) is 10.7. The average Bonchev–Trinajstić information content (AvgIpc) is 2.58. The second-order valence-corrected chi connectivity index (χ2v) is 5.21. The Hall–Kier alpha value is -1.09. The third kappa shape index (κ3) is 2.29. The minimum atomic E-state index is -0.766. The number of aliphatic hydroxyl groups excluding tert-OH is 1. The smallest absolute Gasteiger partial charge is 0.131 e. The van der Waals surface area contributed by atoms with Crippen molar-refractivity contribution in [2.24, 2.45) is 11.8 Å². The van der Waals surface area contributed by atoms with E-state index in [4.69, 9.17) is 0 Å². The maximum Gasteiger partial charge on any atom is 0.131 e. The molecule has 0 amide bonds. The van der Waals surface area contributed by atoms with Crippen LogP contribution in [0.1, 0.15) is 32.4 Å². The molecule has 1 aromatic rings. The van der Waals surface area contributed by atoms with Crippen molar-refractivity contribution in [3.63, 3.8) is 0 Å². The first-order chi connectivity index (χ1) is 8.00. The van der Waals surface area contributed by atoms with Gasteiger partial charge in [-0.3, -0.25) is 0 Å². The van der Waals surface area contributed by atoms with Gasteiger partial charge < -0.3 is 10.0 Å². The summed E-state index contributed by atoms with van der Waals surface area (Å²) in [5.74, 6) is 0.907. The van der Waals surface area contributed by atoms with Gasteiger partial charge in [-0.25, -0.2) is 4.39 Å². The molecule has 0 bridgehead atoms. The first kappa shape index (κ1) is 12.4. The Morgan fingerprint density at radius 2 is 1.88 bits per heavy atom. The fraction of sp³-hybridized carbons (Fsp3) is 0.571. The quantitative estimate of drug-likeness (QED) is 0.854. The normalized spacial score (nSPS) is 26.3. The van der Waals surface area contributed by atoms with E-state index in [-0.39, 0.29) is 5.82 Å². The molecule has 1 aromatic carbocycles. The molecule has 1 aliphatic rings. The average molecular weight is 237 g/mol. The molecule has 3 atom stereocenters. The van der Waals surface area contributed by atoms with Crippen molar-refractivity contribution in [3.05, 3.63) is 29.6 Å². The summed E-state index contributed by atoms with van der Waals surface area (Å²) in [7, 11) is 0. The maximum absolute atomic E-state index is 13.8. The summed E-state index contributed by atoms with van der Waals surface area (Å²) in [6, 6.07) is 5.02. The highest BCUT2D eigenvalue weighted by molar-refractivity contribution is 5.56. The molecule has 2 unspecified atom stereocenters. The Morgan fingerprint density at radius 1 is 1.29 bits per heavy atom. The van der Waals surface area contributed by atoms with Crippen LogP contribution in [0.5, 0.6) is 0 Å². The summed E-state index contributed by atoms with van der Waals surface area (Å²) in [4.78, 5) is 2.18. The van der Waals surface area contributed by atoms with Crippen LogP contribution in [0.4, 0.5) is 10.1 Å². The van der Waals surface area contributed by atoms with Gasteiger partial charge in [0.05, 0.1) is 6.10 Å². The third-order valence-corrected chi connectivity index (χ3v) is 3.78. The molecule has 1 aliphatic heterocycles. The van der Waals surface area contributed by atoms with E-state index in [2.05, 4.69) is 18.7 Å². The molecule has 0 radical (unpaired) electrons. The Kier molecular flexibility index (Phi) is 3.38. The molecule has 0 saturated carbocycles. The van der Waals surface area contributed by atoms with Gasteiger partial charge in [0.15, 0.2) is 0 Å². The largest absolute Gasteiger partial charge is 0.389 e. The van der Waals surface area contributed by atoms with Crippen molar-refractivity contribution in [3.8, 4) is 0 Å². The van der Waals surface area contributed by atoms with E-state index < -0.39 is 6.10 Å². The number of anilines is 1. The summed E-state index contributed by atoms with van der Waals surface area (Å²) in [5, 5.41) is 9.71. The van der Waals surface area contributed by atoms with Gasteiger partial charge in [-0.2, -0.15) is 0 Å². The zero-order valence-corrected chi connectivity index (χ0v) is 10.7. The van der Waals surface area contributed by atoms with Crippen LogP contribution in [0.15, 0.2) is 18.2 Å². The monoisotopic (exact) mass is 237 g/mol. The van der Waals surface area contributed by atoms with Crippen LogP contribution in [0.2, 0.25) is 0 Å². The number of nitrogens with zero attached hydrogens (tertiary/aromatic N) is 1. The number of hydrogen-bond acceptors (Lipinski definition) is 2. The second kappa shape index (κ2) is 4.65. The summed E-state index contributed by atoms with van der Waals surface area (Å²) in [5.41, 5.74) is 1.27. The molecular weight excluding hydrogens is 217 g/mol. The molecule has 0 spiro atoms. The van der Waals surface area contributed by atoms with Crippen LogP contribution in [0, 0.1) is 17.7 Å². The van der Waals surface area contributed by atoms with Gasteiger partial charge in [0, 0.05) is 24.3 Å². The molecule has 1 heterocycles. The van der Waals surface area contributed by atoms with Crippen molar-refractivity contribution in [1.82, 2.24) is 0 Å². The number of benzene rings is 1. The first-order valence-electron chi connectivity index (χ1n) is 6.22. The standard InChI is InChI=1S/C14H20FNO/c1-9-7-16(8-10(9)2)13-6-4-5-12(15)14(13)11(3)17/h4-6,9-11,17H,7-8H2,1-3H3/t9?,10?,11-/m1/s1. The fourth-order valence-corrected chi connectivity index (χ4v) is 2.54. The van der Waals surface area contributed by atoms with E-state index in [9.17, 15) is 9.50 Å². The van der Waals surface area contributed by atoms with Crippen molar-refractivity contribution < 1.29 is 9.50 Å². The van der Waals surface area contributed by atoms with Crippen molar-refractivity contribution in [2.75, 3.05) is 18.0 Å². The van der Waals surface area contributed by atoms with Crippen LogP contribution >= 0.6 is 0 Å². The zero-order chi connectivity index (χ0) is 12.6. The lowest BCUT2D eigenvalue weighted by atomic mass is 10.0. The molecule has 1 fully saturated rings. The van der Waals surface area contributed by atoms with Crippen molar-refractivity contribution in [1.29, 1.82) is 0 Å². The predicted molar refractivity (Wildman–Crippen MR) is 67.6 cm³/mol. The number of aliphatic hydroxyl groups is 1. The lowest BCUT2D eigenvalue weighted by Gasteiger charge is -2.23. The minimum Gasteiger partial charge on any atom is -0.389 e. The number of halogens is 1. The van der Waals surface area contributed by atoms with Crippen LogP contribution < -0.4 is 4.90 Å². The number of hydrogen-bond donors (Lipinski definition) is 1. The van der Waals surface area contributed by atoms with E-state index in [1.165, 1.54) is 6.07 Å². The van der Waals surface area contributed by atoms with E-state index in [1.807, 2.05) is 6.07 Å². The lowest BCUT2D eigenvalue weighted by Crippen LogP contribution is -2.22. The highest BCUT2D eigenvalue weighted by atomic mass is 19.1. The minimum absolute atomic E-state index is 0.315. The maximum atomic E-state index is 13.8. The first-order valence-corrected chi connectivity index (χ1v) is 6.22. The van der Waals surface area contributed by atoms with Crippen molar-refractivity contribution >= 4 is 5.69 Å². The predicted octanol–water partition coefficient (Wildman–Crippen LogP) is 2.97. The van der Waals surface area contributed by atoms with E-state index in [1.54, 1.807) is 13.0 Å². The molecule has 0 aliphatic carbocycles. The summed E-state index contributed by atoms with van der Waals surface area (Å²) < 4.78 is 13.8. The topological polar surface area (TPSA) is 23.5 Å². The van der Waals surface area contributed by atoms with Crippen molar-refractivity contribution in [2.45, 2.75) is 26.9 Å². The third-order valence-electron chi connectivity index (χ3n) is 3.78. The van der Waals surface area contributed by atoms with Crippen LogP contribution in [-0.4, -0.2) is 18.2 Å². The lowest BCUT2D eigenvalue weighted by molar-refractivity contribution is 0.194. The van der Waals surface area contributed by atoms with E-state index in [0.717, 1.165) is 18.8 Å². The highest BCUT2D eigenvalue weighted by Gasteiger charge is 2.28. The molecular formula is C14H20FNO. The number of rotatable bonds is 2. The van der Waals surface area contributed by atoms with Crippen LogP contribution in [0.25, 0.3) is 0 Å². The molecule has 94 valence electrons. The van der Waals surface area contributed by atoms with Gasteiger partial charge in [0.25, 0.3) is 0 Å². The SMILES string of the molecule is CC1CN(c2cccc(F)c2[C@@H](C)O)CC1C. The van der Waals surface area contributed by atoms with Crippen LogP contribution in [0.3, 0.4) is 0 Å². The summed E-state index contributed by atoms with van der Waals surface area (Å²) in [6.07, 6.45) is -0.766. The van der Waals surface area contributed by atoms with Gasteiger partial charge in [-0.1, -0.05) is 19.9 Å². The molecule has 1 N–H and O–H groups in total. The van der Waals surface area contributed by atoms with Gasteiger partial charge in [0.1, 0.15) is 5.82 Å². The Morgan fingerprint density at radius 3 is 2.41 bits per heavy atom. The van der Waals surface area contributed by atoms with Gasteiger partial charge in [-0.05, 0) is 30.9 Å². The summed E-state index contributed by atoms with van der Waals surface area (Å²) >= 11 is 0. The fourth-order valence-electron chi connectivity index (χ4n) is 2.54. The molecule has 0 aromatic heterocycles. The molecule has 1 saturated heterocycles. The molecule has 17 heavy (non-hydrogen) atoms. The molecule has 3 heteroatoms. The Labute approximate surface area is 102 Å².